The second-order valence-electron chi connectivity index (χ2n) is 10.1. The van der Waals surface area contributed by atoms with Crippen LogP contribution in [0.4, 0.5) is 0 Å². The van der Waals surface area contributed by atoms with Crippen molar-refractivity contribution in [3.8, 4) is 0 Å². The Hall–Kier alpha value is -1.75. The quantitative estimate of drug-likeness (QED) is 0.685. The molecule has 1 spiro atoms. The smallest absolute Gasteiger partial charge is 0.245 e. The second-order valence-corrected chi connectivity index (χ2v) is 10.1. The van der Waals surface area contributed by atoms with E-state index in [-0.39, 0.29) is 5.91 Å². The first-order valence-corrected chi connectivity index (χ1v) is 12.0. The van der Waals surface area contributed by atoms with E-state index in [1.165, 1.54) is 76.1 Å². The molecule has 3 fully saturated rings. The third-order valence-electron chi connectivity index (χ3n) is 8.05. The zero-order valence-electron chi connectivity index (χ0n) is 18.9. The molecule has 1 aromatic rings. The summed E-state index contributed by atoms with van der Waals surface area (Å²) in [5.74, 6) is 2.06. The molecule has 5 heteroatoms. The number of hydrogen-bond acceptors (Lipinski definition) is 4. The summed E-state index contributed by atoms with van der Waals surface area (Å²) in [5.41, 5.74) is 1.81. The molecular formula is C25H38N4O. The van der Waals surface area contributed by atoms with Gasteiger partial charge in [-0.05, 0) is 87.4 Å². The van der Waals surface area contributed by atoms with Crippen LogP contribution in [0.1, 0.15) is 88.4 Å². The molecule has 2 saturated heterocycles. The van der Waals surface area contributed by atoms with Gasteiger partial charge in [-0.15, -0.1) is 0 Å². The molecule has 1 aromatic heterocycles. The van der Waals surface area contributed by atoms with E-state index in [2.05, 4.69) is 47.7 Å². The average Bonchev–Trinajstić information content (AvgIpc) is 2.80. The number of rotatable bonds is 4. The van der Waals surface area contributed by atoms with Gasteiger partial charge in [0.15, 0.2) is 0 Å². The largest absolute Gasteiger partial charge is 0.339 e. The first-order valence-electron chi connectivity index (χ1n) is 12.0. The first kappa shape index (κ1) is 21.5. The van der Waals surface area contributed by atoms with Gasteiger partial charge < -0.3 is 9.80 Å². The van der Waals surface area contributed by atoms with Crippen LogP contribution < -0.4 is 0 Å². The van der Waals surface area contributed by atoms with Gasteiger partial charge in [-0.2, -0.15) is 0 Å². The maximum absolute atomic E-state index is 11.9. The fourth-order valence-electron chi connectivity index (χ4n) is 5.87. The number of amides is 1. The molecule has 0 atom stereocenters. The maximum atomic E-state index is 11.9. The average molecular weight is 411 g/mol. The Kier molecular flexibility index (Phi) is 6.57. The summed E-state index contributed by atoms with van der Waals surface area (Å²) in [6, 6.07) is 0.754. The zero-order valence-corrected chi connectivity index (χ0v) is 18.9. The van der Waals surface area contributed by atoms with Crippen LogP contribution in [-0.4, -0.2) is 57.9 Å². The topological polar surface area (TPSA) is 49.3 Å². The van der Waals surface area contributed by atoms with Crippen molar-refractivity contribution >= 4 is 5.91 Å². The van der Waals surface area contributed by atoms with Gasteiger partial charge >= 0.3 is 0 Å². The fourth-order valence-corrected chi connectivity index (χ4v) is 5.87. The summed E-state index contributed by atoms with van der Waals surface area (Å²) >= 11 is 0. The lowest BCUT2D eigenvalue weighted by Gasteiger charge is -2.48. The summed E-state index contributed by atoms with van der Waals surface area (Å²) < 4.78 is 0. The Morgan fingerprint density at radius 1 is 1.03 bits per heavy atom. The summed E-state index contributed by atoms with van der Waals surface area (Å²) in [6.07, 6.45) is 15.7. The number of carbonyl (C=O) groups excluding carboxylic acids is 1. The number of nitrogens with zero attached hydrogens (tertiary/aromatic N) is 4. The lowest BCUT2D eigenvalue weighted by molar-refractivity contribution is -0.128. The molecule has 4 rings (SSSR count). The fraction of sp³-hybridized carbons (Fsp3) is 0.720. The number of aromatic nitrogens is 2. The SMILES string of the molecule is C=CC(=O)N1CCC2(CCC(N3CCC(c4cnc(C(C)C)nc4)CC3)CC2)CC1. The highest BCUT2D eigenvalue weighted by Crippen LogP contribution is 2.46. The minimum Gasteiger partial charge on any atom is -0.339 e. The third kappa shape index (κ3) is 4.61. The predicted molar refractivity (Wildman–Crippen MR) is 120 cm³/mol. The van der Waals surface area contributed by atoms with Crippen LogP contribution in [-0.2, 0) is 4.79 Å². The molecule has 0 radical (unpaired) electrons. The van der Waals surface area contributed by atoms with Crippen molar-refractivity contribution in [3.63, 3.8) is 0 Å². The van der Waals surface area contributed by atoms with Gasteiger partial charge in [0.1, 0.15) is 5.82 Å². The Morgan fingerprint density at radius 2 is 1.63 bits per heavy atom. The number of hydrogen-bond donors (Lipinski definition) is 0. The number of likely N-dealkylation sites (tertiary alicyclic amines) is 2. The molecular weight excluding hydrogens is 372 g/mol. The van der Waals surface area contributed by atoms with Gasteiger partial charge in [0.2, 0.25) is 5.91 Å². The van der Waals surface area contributed by atoms with Gasteiger partial charge in [-0.25, -0.2) is 9.97 Å². The molecule has 3 aliphatic rings. The highest BCUT2D eigenvalue weighted by molar-refractivity contribution is 5.87. The minimum atomic E-state index is 0.102. The van der Waals surface area contributed by atoms with Crippen molar-refractivity contribution in [2.24, 2.45) is 5.41 Å². The summed E-state index contributed by atoms with van der Waals surface area (Å²) in [7, 11) is 0. The molecule has 1 amide bonds. The molecule has 1 saturated carbocycles. The van der Waals surface area contributed by atoms with E-state index in [0.717, 1.165) is 25.0 Å². The zero-order chi connectivity index (χ0) is 21.1. The Labute approximate surface area is 182 Å². The van der Waals surface area contributed by atoms with Gasteiger partial charge in [0.05, 0.1) is 0 Å². The molecule has 0 N–H and O–H groups in total. The van der Waals surface area contributed by atoms with Gasteiger partial charge in [-0.3, -0.25) is 4.79 Å². The normalized spacial score (nSPS) is 23.8. The molecule has 164 valence electrons. The predicted octanol–water partition coefficient (Wildman–Crippen LogP) is 4.52. The van der Waals surface area contributed by atoms with Crippen LogP contribution in [0.5, 0.6) is 0 Å². The van der Waals surface area contributed by atoms with Crippen molar-refractivity contribution in [1.29, 1.82) is 0 Å². The van der Waals surface area contributed by atoms with E-state index >= 15 is 0 Å². The van der Waals surface area contributed by atoms with Crippen LogP contribution >= 0.6 is 0 Å². The van der Waals surface area contributed by atoms with Crippen LogP contribution in [0.3, 0.4) is 0 Å². The van der Waals surface area contributed by atoms with Crippen molar-refractivity contribution in [2.75, 3.05) is 26.2 Å². The first-order chi connectivity index (χ1) is 14.5. The molecule has 2 aliphatic heterocycles. The maximum Gasteiger partial charge on any atom is 0.245 e. The van der Waals surface area contributed by atoms with Crippen molar-refractivity contribution < 1.29 is 4.79 Å². The molecule has 0 unspecified atom stereocenters. The lowest BCUT2D eigenvalue weighted by Crippen LogP contribution is -2.48. The molecule has 0 bridgehead atoms. The van der Waals surface area contributed by atoms with E-state index in [1.807, 2.05) is 4.90 Å². The molecule has 1 aliphatic carbocycles. The van der Waals surface area contributed by atoms with Gasteiger partial charge in [-0.1, -0.05) is 20.4 Å². The van der Waals surface area contributed by atoms with Crippen LogP contribution in [0, 0.1) is 5.41 Å². The lowest BCUT2D eigenvalue weighted by atomic mass is 9.66. The summed E-state index contributed by atoms with van der Waals surface area (Å²) in [6.45, 7) is 12.2. The Balaban J connectivity index is 1.24. The minimum absolute atomic E-state index is 0.102. The Morgan fingerprint density at radius 3 is 2.17 bits per heavy atom. The van der Waals surface area contributed by atoms with E-state index in [9.17, 15) is 4.79 Å². The van der Waals surface area contributed by atoms with Crippen molar-refractivity contribution in [2.45, 2.75) is 83.1 Å². The number of piperidine rings is 2. The van der Waals surface area contributed by atoms with Crippen molar-refractivity contribution in [1.82, 2.24) is 19.8 Å². The number of carbonyl (C=O) groups is 1. The third-order valence-corrected chi connectivity index (χ3v) is 8.05. The highest BCUT2D eigenvalue weighted by atomic mass is 16.2. The summed E-state index contributed by atoms with van der Waals surface area (Å²) in [4.78, 5) is 25.8. The monoisotopic (exact) mass is 410 g/mol. The Bertz CT molecular complexity index is 718. The summed E-state index contributed by atoms with van der Waals surface area (Å²) in [5, 5.41) is 0. The van der Waals surface area contributed by atoms with Crippen LogP contribution in [0.15, 0.2) is 25.0 Å². The highest BCUT2D eigenvalue weighted by Gasteiger charge is 2.40. The van der Waals surface area contributed by atoms with Crippen molar-refractivity contribution in [3.05, 3.63) is 36.4 Å². The van der Waals surface area contributed by atoms with E-state index in [1.54, 1.807) is 0 Å². The van der Waals surface area contributed by atoms with E-state index in [4.69, 9.17) is 0 Å². The van der Waals surface area contributed by atoms with Crippen LogP contribution in [0.2, 0.25) is 0 Å². The van der Waals surface area contributed by atoms with E-state index < -0.39 is 0 Å². The standard InChI is InChI=1S/C25H38N4O/c1-4-23(30)29-15-11-25(12-16-29)9-5-22(6-10-25)28-13-7-20(8-14-28)21-17-26-24(19(2)3)27-18-21/h4,17-20,22H,1,5-16H2,2-3H3. The molecule has 0 aromatic carbocycles. The van der Waals surface area contributed by atoms with Crippen LogP contribution in [0.25, 0.3) is 0 Å². The second kappa shape index (κ2) is 9.17. The van der Waals surface area contributed by atoms with Gasteiger partial charge in [0, 0.05) is 37.4 Å². The molecule has 5 nitrogen and oxygen atoms in total. The molecule has 30 heavy (non-hydrogen) atoms. The molecule has 3 heterocycles. The van der Waals surface area contributed by atoms with E-state index in [0.29, 0.717) is 17.3 Å². The van der Waals surface area contributed by atoms with Gasteiger partial charge in [0.25, 0.3) is 0 Å².